The third kappa shape index (κ3) is 5.35. The molecule has 0 aliphatic rings. The molecule has 0 fully saturated rings. The first-order valence-corrected chi connectivity index (χ1v) is 8.48. The Balaban J connectivity index is 2.09. The highest BCUT2D eigenvalue weighted by Gasteiger charge is 2.11. The van der Waals surface area contributed by atoms with Gasteiger partial charge < -0.3 is 20.1 Å². The molecule has 0 spiro atoms. The lowest BCUT2D eigenvalue weighted by atomic mass is 10.1. The van der Waals surface area contributed by atoms with Crippen molar-refractivity contribution < 1.29 is 19.1 Å². The van der Waals surface area contributed by atoms with Gasteiger partial charge in [-0.15, -0.1) is 0 Å². The number of likely N-dealkylation sites (N-methyl/N-ethyl adjacent to an activating group) is 1. The average molecular weight is 379 g/mol. The van der Waals surface area contributed by atoms with E-state index >= 15 is 0 Å². The summed E-state index contributed by atoms with van der Waals surface area (Å²) in [5, 5.41) is 14.3. The zero-order chi connectivity index (χ0) is 20.5. The minimum atomic E-state index is -0.477. The van der Waals surface area contributed by atoms with Crippen LogP contribution in [0.4, 0.5) is 5.69 Å². The topological polar surface area (TPSA) is 100 Å². The molecule has 2 aromatic carbocycles. The van der Waals surface area contributed by atoms with E-state index in [4.69, 9.17) is 14.7 Å². The molecular weight excluding hydrogens is 358 g/mol. The normalized spacial score (nSPS) is 10.6. The monoisotopic (exact) mass is 379 g/mol. The van der Waals surface area contributed by atoms with Crippen LogP contribution in [-0.2, 0) is 9.59 Å². The molecule has 2 rings (SSSR count). The number of anilines is 1. The summed E-state index contributed by atoms with van der Waals surface area (Å²) in [4.78, 5) is 23.7. The number of aryl methyl sites for hydroxylation is 1. The Hall–Kier alpha value is -3.79. The fourth-order valence-electron chi connectivity index (χ4n) is 2.39. The van der Waals surface area contributed by atoms with Gasteiger partial charge in [-0.05, 0) is 42.3 Å². The van der Waals surface area contributed by atoms with Crippen LogP contribution in [0, 0.1) is 18.3 Å². The molecule has 28 heavy (non-hydrogen) atoms. The second-order valence-corrected chi connectivity index (χ2v) is 5.81. The van der Waals surface area contributed by atoms with Crippen molar-refractivity contribution in [3.63, 3.8) is 0 Å². The van der Waals surface area contributed by atoms with Gasteiger partial charge in [-0.25, -0.2) is 0 Å². The summed E-state index contributed by atoms with van der Waals surface area (Å²) >= 11 is 0. The van der Waals surface area contributed by atoms with Gasteiger partial charge in [0, 0.05) is 12.7 Å². The van der Waals surface area contributed by atoms with E-state index in [2.05, 4.69) is 10.6 Å². The fourth-order valence-corrected chi connectivity index (χ4v) is 2.39. The molecule has 2 amide bonds. The summed E-state index contributed by atoms with van der Waals surface area (Å²) in [5.74, 6) is -0.0222. The third-order valence-corrected chi connectivity index (χ3v) is 3.87. The summed E-state index contributed by atoms with van der Waals surface area (Å²) in [5.41, 5.74) is 2.24. The van der Waals surface area contributed by atoms with Gasteiger partial charge >= 0.3 is 0 Å². The van der Waals surface area contributed by atoms with Gasteiger partial charge in [-0.2, -0.15) is 5.26 Å². The van der Waals surface area contributed by atoms with Gasteiger partial charge in [0.1, 0.15) is 11.6 Å². The second kappa shape index (κ2) is 9.78. The van der Waals surface area contributed by atoms with E-state index < -0.39 is 5.91 Å². The molecule has 7 nitrogen and oxygen atoms in total. The van der Waals surface area contributed by atoms with E-state index in [1.807, 2.05) is 37.3 Å². The minimum Gasteiger partial charge on any atom is -0.493 e. The highest BCUT2D eigenvalue weighted by molar-refractivity contribution is 6.01. The highest BCUT2D eigenvalue weighted by atomic mass is 16.5. The van der Waals surface area contributed by atoms with E-state index in [0.717, 1.165) is 11.3 Å². The Kier molecular flexibility index (Phi) is 7.17. The number of methoxy groups -OCH3 is 1. The first-order chi connectivity index (χ1) is 13.5. The van der Waals surface area contributed by atoms with Crippen molar-refractivity contribution in [3.8, 4) is 17.6 Å². The number of nitrogens with one attached hydrogen (secondary N) is 2. The van der Waals surface area contributed by atoms with Gasteiger partial charge in [-0.3, -0.25) is 9.59 Å². The van der Waals surface area contributed by atoms with Crippen molar-refractivity contribution in [1.29, 1.82) is 5.26 Å². The van der Waals surface area contributed by atoms with Crippen LogP contribution in [0.3, 0.4) is 0 Å². The summed E-state index contributed by atoms with van der Waals surface area (Å²) in [6.07, 6.45) is 1.44. The van der Waals surface area contributed by atoms with Crippen LogP contribution >= 0.6 is 0 Å². The molecule has 0 atom stereocenters. The molecule has 0 aromatic heterocycles. The van der Waals surface area contributed by atoms with Crippen LogP contribution < -0.4 is 20.1 Å². The molecule has 7 heteroatoms. The maximum atomic E-state index is 12.1. The second-order valence-electron chi connectivity index (χ2n) is 5.81. The van der Waals surface area contributed by atoms with E-state index in [9.17, 15) is 9.59 Å². The van der Waals surface area contributed by atoms with Gasteiger partial charge in [-0.1, -0.05) is 24.3 Å². The fraction of sp³-hybridized carbons (Fsp3) is 0.190. The van der Waals surface area contributed by atoms with Crippen molar-refractivity contribution >= 4 is 23.6 Å². The van der Waals surface area contributed by atoms with Gasteiger partial charge in [0.2, 0.25) is 0 Å². The van der Waals surface area contributed by atoms with Crippen LogP contribution in [0.15, 0.2) is 48.0 Å². The number of hydrogen-bond donors (Lipinski definition) is 2. The molecular formula is C21H21N3O4. The Morgan fingerprint density at radius 3 is 2.57 bits per heavy atom. The van der Waals surface area contributed by atoms with Crippen LogP contribution in [0.2, 0.25) is 0 Å². The maximum absolute atomic E-state index is 12.1. The first-order valence-electron chi connectivity index (χ1n) is 8.48. The Morgan fingerprint density at radius 1 is 1.18 bits per heavy atom. The number of hydrogen-bond acceptors (Lipinski definition) is 5. The first kappa shape index (κ1) is 20.5. The van der Waals surface area contributed by atoms with E-state index in [0.29, 0.717) is 17.1 Å². The molecule has 0 heterocycles. The van der Waals surface area contributed by atoms with E-state index in [-0.39, 0.29) is 18.1 Å². The lowest BCUT2D eigenvalue weighted by molar-refractivity contribution is -0.118. The lowest BCUT2D eigenvalue weighted by Crippen LogP contribution is -2.20. The van der Waals surface area contributed by atoms with Crippen molar-refractivity contribution in [2.75, 3.05) is 26.1 Å². The Bertz CT molecular complexity index is 945. The SMILES string of the molecule is CNC(=O)/C(C#N)=C/c1ccc(OCC(=O)Nc2ccccc2C)c(OC)c1. The van der Waals surface area contributed by atoms with E-state index in [1.54, 1.807) is 18.2 Å². The Labute approximate surface area is 163 Å². The predicted octanol–water partition coefficient (Wildman–Crippen LogP) is 2.67. The summed E-state index contributed by atoms with van der Waals surface area (Å²) in [6, 6.07) is 14.2. The van der Waals surface area contributed by atoms with Gasteiger partial charge in [0.05, 0.1) is 7.11 Å². The molecule has 0 saturated heterocycles. The zero-order valence-corrected chi connectivity index (χ0v) is 15.9. The standard InChI is InChI=1S/C21H21N3O4/c1-14-6-4-5-7-17(14)24-20(25)13-28-18-9-8-15(11-19(18)27-3)10-16(12-22)21(26)23-2/h4-11H,13H2,1-3H3,(H,23,26)(H,24,25)/b16-10+. The number of rotatable bonds is 7. The molecule has 2 N–H and O–H groups in total. The number of nitrogens with zero attached hydrogens (tertiary/aromatic N) is 1. The maximum Gasteiger partial charge on any atom is 0.262 e. The minimum absolute atomic E-state index is 0.0316. The van der Waals surface area contributed by atoms with E-state index in [1.165, 1.54) is 20.2 Å². The molecule has 0 unspecified atom stereocenters. The molecule has 0 saturated carbocycles. The molecule has 144 valence electrons. The number of carbonyl (C=O) groups is 2. The van der Waals surface area contributed by atoms with Crippen LogP contribution in [-0.4, -0.2) is 32.6 Å². The zero-order valence-electron chi connectivity index (χ0n) is 15.9. The third-order valence-electron chi connectivity index (χ3n) is 3.87. The smallest absolute Gasteiger partial charge is 0.262 e. The molecule has 0 radical (unpaired) electrons. The quantitative estimate of drug-likeness (QED) is 0.569. The summed E-state index contributed by atoms with van der Waals surface area (Å²) in [6.45, 7) is 1.71. The van der Waals surface area contributed by atoms with Crippen LogP contribution in [0.5, 0.6) is 11.5 Å². The molecule has 0 aliphatic heterocycles. The Morgan fingerprint density at radius 2 is 1.93 bits per heavy atom. The summed E-state index contributed by atoms with van der Waals surface area (Å²) in [7, 11) is 2.92. The highest BCUT2D eigenvalue weighted by Crippen LogP contribution is 2.29. The van der Waals surface area contributed by atoms with Crippen molar-refractivity contribution in [1.82, 2.24) is 5.32 Å². The number of nitriles is 1. The predicted molar refractivity (Wildman–Crippen MR) is 106 cm³/mol. The summed E-state index contributed by atoms with van der Waals surface area (Å²) < 4.78 is 10.8. The number of amides is 2. The van der Waals surface area contributed by atoms with Crippen molar-refractivity contribution in [2.45, 2.75) is 6.92 Å². The van der Waals surface area contributed by atoms with Gasteiger partial charge in [0.15, 0.2) is 18.1 Å². The average Bonchev–Trinajstić information content (AvgIpc) is 2.71. The number of benzene rings is 2. The number of para-hydroxylation sites is 1. The largest absolute Gasteiger partial charge is 0.493 e. The van der Waals surface area contributed by atoms with Crippen molar-refractivity contribution in [3.05, 3.63) is 59.2 Å². The van der Waals surface area contributed by atoms with Crippen LogP contribution in [0.25, 0.3) is 6.08 Å². The molecule has 0 aliphatic carbocycles. The van der Waals surface area contributed by atoms with Crippen LogP contribution in [0.1, 0.15) is 11.1 Å². The van der Waals surface area contributed by atoms with Gasteiger partial charge in [0.25, 0.3) is 11.8 Å². The molecule has 0 bridgehead atoms. The number of ether oxygens (including phenoxy) is 2. The molecule has 2 aromatic rings. The number of carbonyl (C=O) groups excluding carboxylic acids is 2. The lowest BCUT2D eigenvalue weighted by Gasteiger charge is -2.12. The van der Waals surface area contributed by atoms with Crippen molar-refractivity contribution in [2.24, 2.45) is 0 Å².